The van der Waals surface area contributed by atoms with Gasteiger partial charge in [-0.25, -0.2) is 4.39 Å². The SMILES string of the molecule is Cc1c(CF)csc1Cl. The molecule has 0 fully saturated rings. The molecular formula is C6H6ClFS. The lowest BCUT2D eigenvalue weighted by molar-refractivity contribution is 0.485. The minimum atomic E-state index is -0.408. The molecule has 0 radical (unpaired) electrons. The van der Waals surface area contributed by atoms with Gasteiger partial charge in [-0.3, -0.25) is 0 Å². The molecule has 9 heavy (non-hydrogen) atoms. The van der Waals surface area contributed by atoms with Crippen LogP contribution in [0.1, 0.15) is 11.1 Å². The molecule has 0 aliphatic carbocycles. The van der Waals surface area contributed by atoms with Crippen LogP contribution in [0.4, 0.5) is 4.39 Å². The highest BCUT2D eigenvalue weighted by atomic mass is 35.5. The summed E-state index contributed by atoms with van der Waals surface area (Å²) in [7, 11) is 0. The van der Waals surface area contributed by atoms with Crippen LogP contribution in [-0.2, 0) is 6.67 Å². The lowest BCUT2D eigenvalue weighted by Crippen LogP contribution is -1.75. The lowest BCUT2D eigenvalue weighted by atomic mass is 10.2. The van der Waals surface area contributed by atoms with E-state index in [1.807, 2.05) is 6.92 Å². The fourth-order valence-electron chi connectivity index (χ4n) is 0.558. The van der Waals surface area contributed by atoms with Crippen LogP contribution in [0.25, 0.3) is 0 Å². The zero-order chi connectivity index (χ0) is 6.85. The van der Waals surface area contributed by atoms with Crippen molar-refractivity contribution in [2.45, 2.75) is 13.6 Å². The summed E-state index contributed by atoms with van der Waals surface area (Å²) in [5.74, 6) is 0. The fourth-order valence-corrected chi connectivity index (χ4v) is 1.61. The molecule has 50 valence electrons. The Morgan fingerprint density at radius 3 is 2.67 bits per heavy atom. The van der Waals surface area contributed by atoms with Crippen LogP contribution in [0.5, 0.6) is 0 Å². The minimum absolute atomic E-state index is 0.408. The molecule has 1 rings (SSSR count). The highest BCUT2D eigenvalue weighted by molar-refractivity contribution is 7.14. The molecule has 0 aliphatic rings. The maximum absolute atomic E-state index is 11.9. The van der Waals surface area contributed by atoms with Gasteiger partial charge in [-0.2, -0.15) is 0 Å². The number of hydrogen-bond acceptors (Lipinski definition) is 1. The van der Waals surface area contributed by atoms with E-state index in [0.717, 1.165) is 5.56 Å². The standard InChI is InChI=1S/C6H6ClFS/c1-4-5(2-8)3-9-6(4)7/h3H,2H2,1H3. The van der Waals surface area contributed by atoms with Crippen molar-refractivity contribution in [1.82, 2.24) is 0 Å². The molecule has 0 atom stereocenters. The van der Waals surface area contributed by atoms with Crippen molar-refractivity contribution in [3.63, 3.8) is 0 Å². The molecule has 1 aromatic rings. The number of rotatable bonds is 1. The third-order valence-corrected chi connectivity index (χ3v) is 2.69. The van der Waals surface area contributed by atoms with Crippen LogP contribution in [-0.4, -0.2) is 0 Å². The molecule has 0 unspecified atom stereocenters. The zero-order valence-corrected chi connectivity index (χ0v) is 6.52. The first kappa shape index (κ1) is 7.03. The van der Waals surface area contributed by atoms with Crippen LogP contribution >= 0.6 is 22.9 Å². The maximum atomic E-state index is 11.9. The van der Waals surface area contributed by atoms with Gasteiger partial charge < -0.3 is 0 Å². The predicted molar refractivity (Wildman–Crippen MR) is 38.9 cm³/mol. The molecular weight excluding hydrogens is 159 g/mol. The van der Waals surface area contributed by atoms with Gasteiger partial charge in [-0.1, -0.05) is 11.6 Å². The monoisotopic (exact) mass is 164 g/mol. The van der Waals surface area contributed by atoms with Gasteiger partial charge in [-0.15, -0.1) is 11.3 Å². The molecule has 0 spiro atoms. The van der Waals surface area contributed by atoms with Crippen molar-refractivity contribution in [3.8, 4) is 0 Å². The average Bonchev–Trinajstić information content (AvgIpc) is 2.15. The van der Waals surface area contributed by atoms with Crippen molar-refractivity contribution in [2.75, 3.05) is 0 Å². The zero-order valence-electron chi connectivity index (χ0n) is 4.95. The van der Waals surface area contributed by atoms with Crippen molar-refractivity contribution in [3.05, 3.63) is 20.8 Å². The second-order valence-corrected chi connectivity index (χ2v) is 3.28. The Morgan fingerprint density at radius 2 is 2.44 bits per heavy atom. The van der Waals surface area contributed by atoms with Gasteiger partial charge in [0.1, 0.15) is 6.67 Å². The van der Waals surface area contributed by atoms with Crippen LogP contribution in [0.3, 0.4) is 0 Å². The first-order valence-corrected chi connectivity index (χ1v) is 3.80. The van der Waals surface area contributed by atoms with Crippen LogP contribution in [0.2, 0.25) is 4.34 Å². The molecule has 0 bridgehead atoms. The van der Waals surface area contributed by atoms with E-state index in [0.29, 0.717) is 9.90 Å². The predicted octanol–water partition coefficient (Wildman–Crippen LogP) is 3.18. The largest absolute Gasteiger partial charge is 0.246 e. The Bertz CT molecular complexity index is 207. The minimum Gasteiger partial charge on any atom is -0.246 e. The van der Waals surface area contributed by atoms with Crippen LogP contribution in [0, 0.1) is 6.92 Å². The van der Waals surface area contributed by atoms with E-state index >= 15 is 0 Å². The highest BCUT2D eigenvalue weighted by Gasteiger charge is 2.02. The van der Waals surface area contributed by atoms with E-state index in [2.05, 4.69) is 0 Å². The summed E-state index contributed by atoms with van der Waals surface area (Å²) in [6.07, 6.45) is 0. The Labute approximate surface area is 62.3 Å². The quantitative estimate of drug-likeness (QED) is 0.598. The second kappa shape index (κ2) is 2.67. The summed E-state index contributed by atoms with van der Waals surface area (Å²) >= 11 is 7.04. The first-order chi connectivity index (χ1) is 4.25. The third-order valence-electron chi connectivity index (χ3n) is 1.23. The van der Waals surface area contributed by atoms with E-state index in [1.165, 1.54) is 11.3 Å². The van der Waals surface area contributed by atoms with Gasteiger partial charge >= 0.3 is 0 Å². The average molecular weight is 165 g/mol. The Morgan fingerprint density at radius 1 is 1.78 bits per heavy atom. The number of alkyl halides is 1. The fraction of sp³-hybridized carbons (Fsp3) is 0.333. The van der Waals surface area contributed by atoms with E-state index < -0.39 is 6.67 Å². The Balaban J connectivity index is 3.04. The summed E-state index contributed by atoms with van der Waals surface area (Å²) in [4.78, 5) is 0. The Hall–Kier alpha value is -0.0800. The second-order valence-electron chi connectivity index (χ2n) is 1.79. The van der Waals surface area contributed by atoms with E-state index in [1.54, 1.807) is 5.38 Å². The molecule has 0 saturated carbocycles. The molecule has 1 aromatic heterocycles. The summed E-state index contributed by atoms with van der Waals surface area (Å²) in [6, 6.07) is 0. The molecule has 3 heteroatoms. The van der Waals surface area contributed by atoms with Crippen molar-refractivity contribution < 1.29 is 4.39 Å². The molecule has 0 amide bonds. The van der Waals surface area contributed by atoms with Gasteiger partial charge in [0, 0.05) is 0 Å². The third kappa shape index (κ3) is 1.25. The van der Waals surface area contributed by atoms with Crippen molar-refractivity contribution in [1.29, 1.82) is 0 Å². The van der Waals surface area contributed by atoms with Crippen LogP contribution in [0.15, 0.2) is 5.38 Å². The van der Waals surface area contributed by atoms with Crippen molar-refractivity contribution >= 4 is 22.9 Å². The number of halogens is 2. The molecule has 0 saturated heterocycles. The lowest BCUT2D eigenvalue weighted by Gasteiger charge is -1.88. The summed E-state index contributed by atoms with van der Waals surface area (Å²) in [6.45, 7) is 1.42. The van der Waals surface area contributed by atoms with Gasteiger partial charge in [-0.05, 0) is 23.4 Å². The normalized spacial score (nSPS) is 10.1. The first-order valence-electron chi connectivity index (χ1n) is 2.54. The van der Waals surface area contributed by atoms with Crippen LogP contribution < -0.4 is 0 Å². The van der Waals surface area contributed by atoms with Gasteiger partial charge in [0.15, 0.2) is 0 Å². The maximum Gasteiger partial charge on any atom is 0.116 e. The summed E-state index contributed by atoms with van der Waals surface area (Å²) in [5.41, 5.74) is 1.59. The Kier molecular flexibility index (Phi) is 2.09. The summed E-state index contributed by atoms with van der Waals surface area (Å²) < 4.78 is 12.6. The number of thiophene rings is 1. The molecule has 0 N–H and O–H groups in total. The van der Waals surface area contributed by atoms with Gasteiger partial charge in [0.05, 0.1) is 4.34 Å². The summed E-state index contributed by atoms with van der Waals surface area (Å²) in [5, 5.41) is 1.75. The van der Waals surface area contributed by atoms with Crippen molar-refractivity contribution in [2.24, 2.45) is 0 Å². The van der Waals surface area contributed by atoms with E-state index in [-0.39, 0.29) is 0 Å². The topological polar surface area (TPSA) is 0 Å². The molecule has 0 aromatic carbocycles. The van der Waals surface area contributed by atoms with E-state index in [4.69, 9.17) is 11.6 Å². The van der Waals surface area contributed by atoms with Gasteiger partial charge in [0.2, 0.25) is 0 Å². The molecule has 0 nitrogen and oxygen atoms in total. The smallest absolute Gasteiger partial charge is 0.116 e. The highest BCUT2D eigenvalue weighted by Crippen LogP contribution is 2.26. The van der Waals surface area contributed by atoms with E-state index in [9.17, 15) is 4.39 Å². The van der Waals surface area contributed by atoms with Gasteiger partial charge in [0.25, 0.3) is 0 Å². The number of hydrogen-bond donors (Lipinski definition) is 0. The molecule has 1 heterocycles. The molecule has 0 aliphatic heterocycles.